The number of benzene rings is 2. The smallest absolute Gasteiger partial charge is 0.240 e. The fraction of sp³-hybridized carbons (Fsp3) is 0.368. The number of nitrogens with one attached hydrogen (secondary N) is 1. The molecule has 2 aromatic rings. The van der Waals surface area contributed by atoms with Crippen LogP contribution in [-0.2, 0) is 10.0 Å². The summed E-state index contributed by atoms with van der Waals surface area (Å²) in [6.07, 6.45) is 0. The summed E-state index contributed by atoms with van der Waals surface area (Å²) >= 11 is 0. The Morgan fingerprint density at radius 2 is 1.64 bits per heavy atom. The quantitative estimate of drug-likeness (QED) is 0.824. The van der Waals surface area contributed by atoms with Gasteiger partial charge in [0.1, 0.15) is 0 Å². The molecule has 1 atom stereocenters. The van der Waals surface area contributed by atoms with Crippen LogP contribution in [0, 0.1) is 6.92 Å². The van der Waals surface area contributed by atoms with E-state index in [0.29, 0.717) is 11.4 Å². The lowest BCUT2D eigenvalue weighted by Gasteiger charge is -2.25. The molecule has 0 radical (unpaired) electrons. The van der Waals surface area contributed by atoms with E-state index < -0.39 is 10.0 Å². The molecule has 0 fully saturated rings. The van der Waals surface area contributed by atoms with Crippen LogP contribution in [-0.4, -0.2) is 48.1 Å². The molecule has 25 heavy (non-hydrogen) atoms. The first kappa shape index (κ1) is 19.4. The van der Waals surface area contributed by atoms with Gasteiger partial charge in [-0.05, 0) is 56.4 Å². The molecule has 0 saturated heterocycles. The van der Waals surface area contributed by atoms with Crippen molar-refractivity contribution < 1.29 is 8.42 Å². The average Bonchev–Trinajstić information content (AvgIpc) is 2.55. The molecular formula is C19H27N3O2S. The minimum atomic E-state index is -3.53. The number of aryl methyl sites for hydroxylation is 1. The Hall–Kier alpha value is -1.89. The number of hydrogen-bond donors (Lipinski definition) is 1. The summed E-state index contributed by atoms with van der Waals surface area (Å²) in [5.74, 6) is 0. The maximum Gasteiger partial charge on any atom is 0.240 e. The van der Waals surface area contributed by atoms with Gasteiger partial charge in [0.2, 0.25) is 10.0 Å². The van der Waals surface area contributed by atoms with Gasteiger partial charge < -0.3 is 9.80 Å². The van der Waals surface area contributed by atoms with Crippen LogP contribution in [0.2, 0.25) is 0 Å². The molecule has 0 aliphatic heterocycles. The molecule has 0 amide bonds. The van der Waals surface area contributed by atoms with Gasteiger partial charge in [0.15, 0.2) is 0 Å². The monoisotopic (exact) mass is 361 g/mol. The molecule has 2 rings (SSSR count). The summed E-state index contributed by atoms with van der Waals surface area (Å²) in [5.41, 5.74) is 3.11. The van der Waals surface area contributed by atoms with Crippen LogP contribution < -0.4 is 9.62 Å². The van der Waals surface area contributed by atoms with E-state index in [2.05, 4.69) is 4.72 Å². The molecule has 0 aromatic heterocycles. The standard InChI is InChI=1S/C19H27N3O2S/c1-15-7-6-8-18(13-15)25(23,24)20-14-19(22(4)5)16-9-11-17(12-10-16)21(2)3/h6-13,19-20H,14H2,1-5H3/t19-/m0/s1. The maximum atomic E-state index is 12.5. The fourth-order valence-corrected chi connectivity index (χ4v) is 3.79. The summed E-state index contributed by atoms with van der Waals surface area (Å²) < 4.78 is 27.8. The van der Waals surface area contributed by atoms with Crippen molar-refractivity contribution in [2.75, 3.05) is 39.6 Å². The first-order valence-electron chi connectivity index (χ1n) is 8.21. The zero-order chi connectivity index (χ0) is 18.6. The van der Waals surface area contributed by atoms with Gasteiger partial charge in [-0.15, -0.1) is 0 Å². The third kappa shape index (κ3) is 5.04. The highest BCUT2D eigenvalue weighted by Gasteiger charge is 2.19. The first-order chi connectivity index (χ1) is 11.7. The third-order valence-electron chi connectivity index (χ3n) is 4.18. The Bertz CT molecular complexity index is 800. The van der Waals surface area contributed by atoms with Crippen LogP contribution in [0.15, 0.2) is 53.4 Å². The number of likely N-dealkylation sites (N-methyl/N-ethyl adjacent to an activating group) is 1. The van der Waals surface area contributed by atoms with Crippen molar-refractivity contribution in [1.82, 2.24) is 9.62 Å². The number of rotatable bonds is 7. The van der Waals surface area contributed by atoms with Crippen molar-refractivity contribution >= 4 is 15.7 Å². The number of nitrogens with zero attached hydrogens (tertiary/aromatic N) is 2. The van der Waals surface area contributed by atoms with Gasteiger partial charge in [-0.1, -0.05) is 24.3 Å². The summed E-state index contributed by atoms with van der Waals surface area (Å²) in [7, 11) is 4.36. The van der Waals surface area contributed by atoms with E-state index in [1.165, 1.54) is 0 Å². The predicted molar refractivity (Wildman–Crippen MR) is 104 cm³/mol. The maximum absolute atomic E-state index is 12.5. The van der Waals surface area contributed by atoms with E-state index in [-0.39, 0.29) is 6.04 Å². The highest BCUT2D eigenvalue weighted by atomic mass is 32.2. The molecule has 6 heteroatoms. The topological polar surface area (TPSA) is 52.7 Å². The summed E-state index contributed by atoms with van der Waals surface area (Å²) in [6.45, 7) is 2.19. The van der Waals surface area contributed by atoms with Crippen LogP contribution in [0.4, 0.5) is 5.69 Å². The molecule has 0 heterocycles. The second-order valence-corrected chi connectivity index (χ2v) is 8.40. The summed E-state index contributed by atoms with van der Waals surface area (Å²) in [5, 5.41) is 0. The molecular weight excluding hydrogens is 334 g/mol. The fourth-order valence-electron chi connectivity index (χ4n) is 2.65. The van der Waals surface area contributed by atoms with Gasteiger partial charge in [0.05, 0.1) is 4.90 Å². The van der Waals surface area contributed by atoms with Crippen molar-refractivity contribution in [3.8, 4) is 0 Å². The zero-order valence-electron chi connectivity index (χ0n) is 15.5. The van der Waals surface area contributed by atoms with Crippen molar-refractivity contribution in [1.29, 1.82) is 0 Å². The van der Waals surface area contributed by atoms with Crippen LogP contribution in [0.25, 0.3) is 0 Å². The van der Waals surface area contributed by atoms with E-state index in [9.17, 15) is 8.42 Å². The predicted octanol–water partition coefficient (Wildman–Crippen LogP) is 2.64. The van der Waals surface area contributed by atoms with E-state index in [1.54, 1.807) is 18.2 Å². The van der Waals surface area contributed by atoms with Gasteiger partial charge in [-0.25, -0.2) is 13.1 Å². The summed E-state index contributed by atoms with van der Waals surface area (Å²) in [6, 6.07) is 15.1. The van der Waals surface area contributed by atoms with Gasteiger partial charge in [-0.3, -0.25) is 0 Å². The zero-order valence-corrected chi connectivity index (χ0v) is 16.3. The normalized spacial score (nSPS) is 13.0. The van der Waals surface area contributed by atoms with Crippen LogP contribution >= 0.6 is 0 Å². The number of anilines is 1. The lowest BCUT2D eigenvalue weighted by Crippen LogP contribution is -2.34. The molecule has 136 valence electrons. The second-order valence-electron chi connectivity index (χ2n) is 6.63. The number of sulfonamides is 1. The van der Waals surface area contributed by atoms with E-state index in [4.69, 9.17) is 0 Å². The van der Waals surface area contributed by atoms with Crippen LogP contribution in [0.3, 0.4) is 0 Å². The Morgan fingerprint density at radius 1 is 1.00 bits per heavy atom. The Balaban J connectivity index is 2.17. The van der Waals surface area contributed by atoms with E-state index in [1.807, 2.05) is 75.2 Å². The molecule has 2 aromatic carbocycles. The summed E-state index contributed by atoms with van der Waals surface area (Å²) in [4.78, 5) is 4.35. The Labute approximate surface area is 151 Å². The van der Waals surface area contributed by atoms with E-state index in [0.717, 1.165) is 16.8 Å². The van der Waals surface area contributed by atoms with Gasteiger partial charge in [0.25, 0.3) is 0 Å². The molecule has 0 saturated carbocycles. The minimum absolute atomic E-state index is 0.0456. The lowest BCUT2D eigenvalue weighted by molar-refractivity contribution is 0.299. The minimum Gasteiger partial charge on any atom is -0.378 e. The molecule has 0 aliphatic carbocycles. The van der Waals surface area contributed by atoms with Crippen LogP contribution in [0.1, 0.15) is 17.2 Å². The van der Waals surface area contributed by atoms with Gasteiger partial charge >= 0.3 is 0 Å². The largest absolute Gasteiger partial charge is 0.378 e. The highest BCUT2D eigenvalue weighted by Crippen LogP contribution is 2.21. The van der Waals surface area contributed by atoms with Crippen molar-refractivity contribution in [3.05, 3.63) is 59.7 Å². The van der Waals surface area contributed by atoms with Crippen LogP contribution in [0.5, 0.6) is 0 Å². The third-order valence-corrected chi connectivity index (χ3v) is 5.61. The van der Waals surface area contributed by atoms with Gasteiger partial charge in [0, 0.05) is 32.4 Å². The lowest BCUT2D eigenvalue weighted by atomic mass is 10.1. The molecule has 0 bridgehead atoms. The van der Waals surface area contributed by atoms with Gasteiger partial charge in [-0.2, -0.15) is 0 Å². The second kappa shape index (κ2) is 7.99. The molecule has 0 unspecified atom stereocenters. The van der Waals surface area contributed by atoms with E-state index >= 15 is 0 Å². The molecule has 5 nitrogen and oxygen atoms in total. The SMILES string of the molecule is Cc1cccc(S(=O)(=O)NC[C@@H](c2ccc(N(C)C)cc2)N(C)C)c1. The molecule has 0 aliphatic rings. The average molecular weight is 362 g/mol. The van der Waals surface area contributed by atoms with Crippen molar-refractivity contribution in [3.63, 3.8) is 0 Å². The Morgan fingerprint density at radius 3 is 2.16 bits per heavy atom. The Kier molecular flexibility index (Phi) is 6.21. The number of hydrogen-bond acceptors (Lipinski definition) is 4. The van der Waals surface area contributed by atoms with Crippen molar-refractivity contribution in [2.45, 2.75) is 17.9 Å². The first-order valence-corrected chi connectivity index (χ1v) is 9.69. The van der Waals surface area contributed by atoms with Crippen molar-refractivity contribution in [2.24, 2.45) is 0 Å². The highest BCUT2D eigenvalue weighted by molar-refractivity contribution is 7.89. The molecule has 0 spiro atoms. The molecule has 1 N–H and O–H groups in total.